The fourth-order valence-corrected chi connectivity index (χ4v) is 2.04. The van der Waals surface area contributed by atoms with Crippen molar-refractivity contribution in [1.82, 2.24) is 14.8 Å². The lowest BCUT2D eigenvalue weighted by Crippen LogP contribution is -2.10. The van der Waals surface area contributed by atoms with Crippen LogP contribution in [-0.4, -0.2) is 21.3 Å². The average molecular weight is 324 g/mol. The van der Waals surface area contributed by atoms with Gasteiger partial charge in [-0.2, -0.15) is 4.98 Å². The molecule has 0 atom stereocenters. The van der Waals surface area contributed by atoms with Gasteiger partial charge < -0.3 is 11.1 Å². The SMILES string of the molecule is CC(C)CNc1nc(N)n(Cc2ccccc2Br)n1. The number of nitrogens with one attached hydrogen (secondary N) is 1. The molecule has 0 aliphatic heterocycles. The summed E-state index contributed by atoms with van der Waals surface area (Å²) in [5.41, 5.74) is 7.00. The standard InChI is InChI=1S/C13H18BrN5/c1-9(2)7-16-13-17-12(15)19(18-13)8-10-5-3-4-6-11(10)14/h3-6,9H,7-8H2,1-2H3,(H3,15,16,17,18). The van der Waals surface area contributed by atoms with E-state index in [-0.39, 0.29) is 0 Å². The number of hydrogen-bond acceptors (Lipinski definition) is 4. The van der Waals surface area contributed by atoms with Crippen LogP contribution in [0.5, 0.6) is 0 Å². The van der Waals surface area contributed by atoms with Gasteiger partial charge in [0, 0.05) is 11.0 Å². The highest BCUT2D eigenvalue weighted by atomic mass is 79.9. The highest BCUT2D eigenvalue weighted by Gasteiger charge is 2.08. The van der Waals surface area contributed by atoms with E-state index in [9.17, 15) is 0 Å². The van der Waals surface area contributed by atoms with E-state index in [2.05, 4.69) is 45.2 Å². The second-order valence-corrected chi connectivity index (χ2v) is 5.67. The van der Waals surface area contributed by atoms with E-state index >= 15 is 0 Å². The monoisotopic (exact) mass is 323 g/mol. The number of nitrogens with two attached hydrogens (primary N) is 1. The van der Waals surface area contributed by atoms with E-state index in [0.717, 1.165) is 16.6 Å². The zero-order valence-corrected chi connectivity index (χ0v) is 12.7. The van der Waals surface area contributed by atoms with E-state index in [1.165, 1.54) is 0 Å². The van der Waals surface area contributed by atoms with E-state index in [0.29, 0.717) is 24.4 Å². The van der Waals surface area contributed by atoms with Crippen molar-refractivity contribution >= 4 is 27.8 Å². The summed E-state index contributed by atoms with van der Waals surface area (Å²) in [6.45, 7) is 5.70. The summed E-state index contributed by atoms with van der Waals surface area (Å²) in [5.74, 6) is 1.54. The molecule has 0 radical (unpaired) electrons. The van der Waals surface area contributed by atoms with Gasteiger partial charge in [0.15, 0.2) is 0 Å². The minimum absolute atomic E-state index is 0.419. The molecule has 6 heteroatoms. The summed E-state index contributed by atoms with van der Waals surface area (Å²) in [7, 11) is 0. The number of halogens is 1. The molecule has 1 aromatic carbocycles. The van der Waals surface area contributed by atoms with Crippen LogP contribution in [0.15, 0.2) is 28.7 Å². The molecule has 1 heterocycles. The first-order valence-electron chi connectivity index (χ1n) is 6.24. The topological polar surface area (TPSA) is 68.8 Å². The van der Waals surface area contributed by atoms with Crippen LogP contribution >= 0.6 is 15.9 Å². The highest BCUT2D eigenvalue weighted by molar-refractivity contribution is 9.10. The van der Waals surface area contributed by atoms with Crippen molar-refractivity contribution in [3.8, 4) is 0 Å². The Morgan fingerprint density at radius 2 is 2.11 bits per heavy atom. The molecule has 0 aliphatic rings. The summed E-state index contributed by atoms with van der Waals surface area (Å²) in [6.07, 6.45) is 0. The number of benzene rings is 1. The lowest BCUT2D eigenvalue weighted by atomic mass is 10.2. The molecule has 0 amide bonds. The number of anilines is 2. The molecule has 0 saturated carbocycles. The molecular weight excluding hydrogens is 306 g/mol. The van der Waals surface area contributed by atoms with E-state index in [1.807, 2.05) is 24.3 Å². The lowest BCUT2D eigenvalue weighted by Gasteiger charge is -2.05. The quantitative estimate of drug-likeness (QED) is 0.887. The largest absolute Gasteiger partial charge is 0.368 e. The third-order valence-electron chi connectivity index (χ3n) is 2.65. The maximum Gasteiger partial charge on any atom is 0.243 e. The molecule has 102 valence electrons. The minimum Gasteiger partial charge on any atom is -0.368 e. The zero-order valence-electron chi connectivity index (χ0n) is 11.1. The summed E-state index contributed by atoms with van der Waals surface area (Å²) in [4.78, 5) is 4.21. The first-order valence-corrected chi connectivity index (χ1v) is 7.03. The molecule has 2 rings (SSSR count). The Hall–Kier alpha value is -1.56. The fourth-order valence-electron chi connectivity index (χ4n) is 1.63. The van der Waals surface area contributed by atoms with Gasteiger partial charge in [-0.1, -0.05) is 48.0 Å². The van der Waals surface area contributed by atoms with Crippen LogP contribution in [0.25, 0.3) is 0 Å². The molecule has 2 aromatic rings. The van der Waals surface area contributed by atoms with Gasteiger partial charge in [-0.3, -0.25) is 0 Å². The summed E-state index contributed by atoms with van der Waals surface area (Å²) in [6, 6.07) is 8.01. The molecule has 1 aromatic heterocycles. The van der Waals surface area contributed by atoms with Crippen LogP contribution < -0.4 is 11.1 Å². The molecule has 0 unspecified atom stereocenters. The van der Waals surface area contributed by atoms with E-state index < -0.39 is 0 Å². The Bertz CT molecular complexity index is 550. The van der Waals surface area contributed by atoms with Crippen molar-refractivity contribution in [1.29, 1.82) is 0 Å². The van der Waals surface area contributed by atoms with E-state index in [4.69, 9.17) is 5.73 Å². The number of aromatic nitrogens is 3. The maximum absolute atomic E-state index is 5.88. The van der Waals surface area contributed by atoms with Gasteiger partial charge in [-0.15, -0.1) is 5.10 Å². The Balaban J connectivity index is 2.11. The van der Waals surface area contributed by atoms with E-state index in [1.54, 1.807) is 4.68 Å². The van der Waals surface area contributed by atoms with Crippen molar-refractivity contribution in [2.45, 2.75) is 20.4 Å². The Labute approximate surface area is 121 Å². The molecule has 0 aliphatic carbocycles. The molecular formula is C13H18BrN5. The third-order valence-corrected chi connectivity index (χ3v) is 3.42. The second kappa shape index (κ2) is 6.06. The first-order chi connectivity index (χ1) is 9.06. The van der Waals surface area contributed by atoms with Gasteiger partial charge in [-0.05, 0) is 17.5 Å². The predicted octanol–water partition coefficient (Wildman–Crippen LogP) is 2.74. The van der Waals surface area contributed by atoms with Crippen LogP contribution in [-0.2, 0) is 6.54 Å². The van der Waals surface area contributed by atoms with Crippen LogP contribution in [0.1, 0.15) is 19.4 Å². The van der Waals surface area contributed by atoms with Gasteiger partial charge in [0.25, 0.3) is 0 Å². The maximum atomic E-state index is 5.88. The Morgan fingerprint density at radius 3 is 2.79 bits per heavy atom. The smallest absolute Gasteiger partial charge is 0.243 e. The van der Waals surface area contributed by atoms with Crippen LogP contribution in [0.2, 0.25) is 0 Å². The Morgan fingerprint density at radius 1 is 1.37 bits per heavy atom. The average Bonchev–Trinajstić information content (AvgIpc) is 2.71. The normalized spacial score (nSPS) is 10.9. The first kappa shape index (κ1) is 13.9. The predicted molar refractivity (Wildman–Crippen MR) is 81.0 cm³/mol. The third kappa shape index (κ3) is 3.70. The van der Waals surface area contributed by atoms with Crippen molar-refractivity contribution < 1.29 is 0 Å². The molecule has 0 saturated heterocycles. The lowest BCUT2D eigenvalue weighted by molar-refractivity contribution is 0.672. The van der Waals surface area contributed by atoms with Crippen LogP contribution in [0.3, 0.4) is 0 Å². The van der Waals surface area contributed by atoms with Gasteiger partial charge >= 0.3 is 0 Å². The van der Waals surface area contributed by atoms with Crippen molar-refractivity contribution in [3.63, 3.8) is 0 Å². The van der Waals surface area contributed by atoms with Gasteiger partial charge in [0.2, 0.25) is 11.9 Å². The molecule has 0 spiro atoms. The molecule has 0 fully saturated rings. The molecule has 3 N–H and O–H groups in total. The van der Waals surface area contributed by atoms with Gasteiger partial charge in [0.05, 0.1) is 6.54 Å². The highest BCUT2D eigenvalue weighted by Crippen LogP contribution is 2.18. The number of nitrogens with zero attached hydrogens (tertiary/aromatic N) is 3. The zero-order chi connectivity index (χ0) is 13.8. The number of nitrogen functional groups attached to an aromatic ring is 1. The van der Waals surface area contributed by atoms with Crippen LogP contribution in [0, 0.1) is 5.92 Å². The van der Waals surface area contributed by atoms with Gasteiger partial charge in [0.1, 0.15) is 0 Å². The number of hydrogen-bond donors (Lipinski definition) is 2. The minimum atomic E-state index is 0.419. The van der Waals surface area contributed by atoms with Crippen molar-refractivity contribution in [2.24, 2.45) is 5.92 Å². The van der Waals surface area contributed by atoms with Crippen molar-refractivity contribution in [2.75, 3.05) is 17.6 Å². The summed E-state index contributed by atoms with van der Waals surface area (Å²) < 4.78 is 2.74. The van der Waals surface area contributed by atoms with Gasteiger partial charge in [-0.25, -0.2) is 4.68 Å². The summed E-state index contributed by atoms with van der Waals surface area (Å²) in [5, 5.41) is 7.54. The van der Waals surface area contributed by atoms with Crippen molar-refractivity contribution in [3.05, 3.63) is 34.3 Å². The fraction of sp³-hybridized carbons (Fsp3) is 0.385. The molecule has 19 heavy (non-hydrogen) atoms. The Kier molecular flexibility index (Phi) is 4.42. The summed E-state index contributed by atoms with van der Waals surface area (Å²) >= 11 is 3.52. The molecule has 0 bridgehead atoms. The second-order valence-electron chi connectivity index (χ2n) is 4.82. The molecule has 5 nitrogen and oxygen atoms in total. The van der Waals surface area contributed by atoms with Crippen LogP contribution in [0.4, 0.5) is 11.9 Å². The number of rotatable bonds is 5.